The molecule has 7 nitrogen and oxygen atoms in total. The molecule has 1 fully saturated rings. The number of rotatable bonds is 8. The Morgan fingerprint density at radius 2 is 1.56 bits per heavy atom. The van der Waals surface area contributed by atoms with Crippen molar-refractivity contribution < 1.29 is 19.1 Å². The van der Waals surface area contributed by atoms with Crippen molar-refractivity contribution in [2.24, 2.45) is 0 Å². The van der Waals surface area contributed by atoms with Gasteiger partial charge in [0.2, 0.25) is 5.91 Å². The van der Waals surface area contributed by atoms with Crippen molar-refractivity contribution in [1.82, 2.24) is 9.69 Å². The number of anilines is 1. The van der Waals surface area contributed by atoms with Crippen LogP contribution >= 0.6 is 34.7 Å². The van der Waals surface area contributed by atoms with Crippen LogP contribution in [0, 0.1) is 0 Å². The lowest BCUT2D eigenvalue weighted by atomic mass is 9.94. The zero-order valence-electron chi connectivity index (χ0n) is 20.0. The van der Waals surface area contributed by atoms with E-state index in [4.69, 9.17) is 32.7 Å². The monoisotopic (exact) mass is 547 g/mol. The Bertz CT molecular complexity index is 1190. The predicted octanol–water partition coefficient (Wildman–Crippen LogP) is 6.30. The smallest absolute Gasteiger partial charge is 0.280 e. The highest BCUT2D eigenvalue weighted by atomic mass is 35.5. The number of carbonyl (C=O) groups excluding carboxylic acids is 2. The summed E-state index contributed by atoms with van der Waals surface area (Å²) in [5.74, 6) is 0.442. The fourth-order valence-corrected chi connectivity index (χ4v) is 5.35. The van der Waals surface area contributed by atoms with Crippen molar-refractivity contribution in [3.63, 3.8) is 0 Å². The van der Waals surface area contributed by atoms with E-state index in [1.807, 2.05) is 0 Å². The Morgan fingerprint density at radius 1 is 0.972 bits per heavy atom. The SMILES string of the molecule is COc1ccc([C@@H](C(=O)NC2CCCCC2)N(C(=O)c2nsc(Cl)c2Cl)c2ccc(OC)cc2)cc1. The molecular formula is C26H27Cl2N3O4S. The third-order valence-electron chi connectivity index (χ3n) is 6.26. The minimum absolute atomic E-state index is 0.00790. The lowest BCUT2D eigenvalue weighted by molar-refractivity contribution is -0.123. The summed E-state index contributed by atoms with van der Waals surface area (Å²) in [5.41, 5.74) is 1.10. The standard InChI is InChI=1S/C26H27Cl2N3O4S/c1-34-19-12-8-16(9-13-19)23(25(32)29-17-6-4-3-5-7-17)31(18-10-14-20(35-2)15-11-18)26(33)22-21(27)24(28)36-30-22/h8-15,17,23H,3-7H2,1-2H3,(H,29,32)/t23-/m0/s1. The summed E-state index contributed by atoms with van der Waals surface area (Å²) in [7, 11) is 3.14. The highest BCUT2D eigenvalue weighted by Crippen LogP contribution is 2.36. The Hall–Kier alpha value is -2.81. The van der Waals surface area contributed by atoms with Gasteiger partial charge in [-0.1, -0.05) is 54.6 Å². The van der Waals surface area contributed by atoms with Gasteiger partial charge in [-0.3, -0.25) is 14.5 Å². The zero-order valence-corrected chi connectivity index (χ0v) is 22.3. The Kier molecular flexibility index (Phi) is 8.72. The fraction of sp³-hybridized carbons (Fsp3) is 0.346. The Morgan fingerprint density at radius 3 is 2.08 bits per heavy atom. The molecule has 190 valence electrons. The highest BCUT2D eigenvalue weighted by molar-refractivity contribution is 7.11. The van der Waals surface area contributed by atoms with Crippen molar-refractivity contribution >= 4 is 52.2 Å². The topological polar surface area (TPSA) is 80.8 Å². The average Bonchev–Trinajstić information content (AvgIpc) is 3.25. The van der Waals surface area contributed by atoms with Gasteiger partial charge in [0.1, 0.15) is 26.9 Å². The normalized spacial score (nSPS) is 14.7. The number of aromatic nitrogens is 1. The average molecular weight is 548 g/mol. The number of amides is 2. The number of halogens is 2. The van der Waals surface area contributed by atoms with Gasteiger partial charge < -0.3 is 14.8 Å². The molecule has 2 aromatic carbocycles. The lowest BCUT2D eigenvalue weighted by Gasteiger charge is -2.33. The van der Waals surface area contributed by atoms with Crippen LogP contribution < -0.4 is 19.7 Å². The van der Waals surface area contributed by atoms with Crippen molar-refractivity contribution in [3.05, 3.63) is 69.1 Å². The molecule has 2 amide bonds. The molecule has 1 aliphatic rings. The minimum Gasteiger partial charge on any atom is -0.497 e. The summed E-state index contributed by atoms with van der Waals surface area (Å²) in [6.07, 6.45) is 5.10. The van der Waals surface area contributed by atoms with Crippen LogP contribution in [0.5, 0.6) is 11.5 Å². The molecule has 1 aliphatic carbocycles. The number of nitrogens with zero attached hydrogens (tertiary/aromatic N) is 2. The maximum Gasteiger partial charge on any atom is 0.280 e. The number of nitrogens with one attached hydrogen (secondary N) is 1. The van der Waals surface area contributed by atoms with Gasteiger partial charge >= 0.3 is 0 Å². The van der Waals surface area contributed by atoms with Crippen molar-refractivity contribution in [3.8, 4) is 11.5 Å². The first-order chi connectivity index (χ1) is 17.4. The fourth-order valence-electron chi connectivity index (χ4n) is 4.36. The van der Waals surface area contributed by atoms with Crippen molar-refractivity contribution in [2.45, 2.75) is 44.2 Å². The predicted molar refractivity (Wildman–Crippen MR) is 143 cm³/mol. The number of methoxy groups -OCH3 is 2. The van der Waals surface area contributed by atoms with E-state index < -0.39 is 11.9 Å². The third-order valence-corrected chi connectivity index (χ3v) is 7.87. The second-order valence-corrected chi connectivity index (χ2v) is 10.3. The first-order valence-electron chi connectivity index (χ1n) is 11.7. The first kappa shape index (κ1) is 26.3. The number of carbonyl (C=O) groups is 2. The summed E-state index contributed by atoms with van der Waals surface area (Å²) < 4.78 is 15.0. The molecule has 0 unspecified atom stereocenters. The third kappa shape index (κ3) is 5.77. The first-order valence-corrected chi connectivity index (χ1v) is 13.2. The van der Waals surface area contributed by atoms with Crippen LogP contribution in [0.3, 0.4) is 0 Å². The second kappa shape index (κ2) is 12.0. The number of ether oxygens (including phenoxy) is 2. The van der Waals surface area contributed by atoms with E-state index in [-0.39, 0.29) is 27.0 Å². The lowest BCUT2D eigenvalue weighted by Crippen LogP contribution is -2.47. The zero-order chi connectivity index (χ0) is 25.7. The molecule has 3 aromatic rings. The molecule has 1 N–H and O–H groups in total. The molecule has 0 aliphatic heterocycles. The molecule has 0 radical (unpaired) electrons. The maximum atomic E-state index is 14.0. The molecule has 0 bridgehead atoms. The maximum absolute atomic E-state index is 14.0. The summed E-state index contributed by atoms with van der Waals surface area (Å²) in [6, 6.07) is 13.1. The molecule has 0 spiro atoms. The molecule has 10 heteroatoms. The summed E-state index contributed by atoms with van der Waals surface area (Å²) in [4.78, 5) is 29.3. The van der Waals surface area contributed by atoms with Gasteiger partial charge in [-0.2, -0.15) is 4.37 Å². The molecule has 0 saturated heterocycles. The highest BCUT2D eigenvalue weighted by Gasteiger charge is 2.36. The van der Waals surface area contributed by atoms with E-state index in [1.54, 1.807) is 62.8 Å². The number of hydrogen-bond donors (Lipinski definition) is 1. The summed E-state index contributed by atoms with van der Waals surface area (Å²) >= 11 is 13.4. The Balaban J connectivity index is 1.81. The van der Waals surface area contributed by atoms with Gasteiger partial charge in [0.15, 0.2) is 5.69 Å². The van der Waals surface area contributed by atoms with Crippen LogP contribution in [0.1, 0.15) is 54.2 Å². The molecule has 1 atom stereocenters. The van der Waals surface area contributed by atoms with Crippen LogP contribution in [0.4, 0.5) is 5.69 Å². The van der Waals surface area contributed by atoms with E-state index in [1.165, 1.54) is 4.90 Å². The van der Waals surface area contributed by atoms with Gasteiger partial charge in [0, 0.05) is 11.7 Å². The molecule has 1 heterocycles. The summed E-state index contributed by atoms with van der Waals surface area (Å²) in [6.45, 7) is 0. The molecule has 4 rings (SSSR count). The van der Waals surface area contributed by atoms with Crippen molar-refractivity contribution in [1.29, 1.82) is 0 Å². The molecule has 1 saturated carbocycles. The molecule has 36 heavy (non-hydrogen) atoms. The van der Waals surface area contributed by atoms with Crippen LogP contribution in [-0.4, -0.2) is 36.4 Å². The van der Waals surface area contributed by atoms with Crippen LogP contribution in [-0.2, 0) is 4.79 Å². The largest absolute Gasteiger partial charge is 0.497 e. The van der Waals surface area contributed by atoms with E-state index in [9.17, 15) is 9.59 Å². The second-order valence-electron chi connectivity index (χ2n) is 8.51. The van der Waals surface area contributed by atoms with Crippen molar-refractivity contribution in [2.75, 3.05) is 19.1 Å². The van der Waals surface area contributed by atoms with Crippen LogP contribution in [0.2, 0.25) is 9.36 Å². The van der Waals surface area contributed by atoms with E-state index in [2.05, 4.69) is 9.69 Å². The Labute approximate surface area is 224 Å². The van der Waals surface area contributed by atoms with Crippen LogP contribution in [0.25, 0.3) is 0 Å². The molecular weight excluding hydrogens is 521 g/mol. The van der Waals surface area contributed by atoms with Gasteiger partial charge in [-0.15, -0.1) is 0 Å². The van der Waals surface area contributed by atoms with Gasteiger partial charge in [0.05, 0.1) is 14.2 Å². The van der Waals surface area contributed by atoms with Crippen LogP contribution in [0.15, 0.2) is 48.5 Å². The molecule has 1 aromatic heterocycles. The van der Waals surface area contributed by atoms with E-state index in [0.717, 1.165) is 43.6 Å². The van der Waals surface area contributed by atoms with Gasteiger partial charge in [-0.25, -0.2) is 0 Å². The van der Waals surface area contributed by atoms with Gasteiger partial charge in [0.25, 0.3) is 5.91 Å². The van der Waals surface area contributed by atoms with Gasteiger partial charge in [-0.05, 0) is 66.3 Å². The minimum atomic E-state index is -0.990. The number of benzene rings is 2. The quantitative estimate of drug-likeness (QED) is 0.357. The number of hydrogen-bond acceptors (Lipinski definition) is 6. The summed E-state index contributed by atoms with van der Waals surface area (Å²) in [5, 5.41) is 3.24. The van der Waals surface area contributed by atoms with E-state index in [0.29, 0.717) is 22.7 Å². The van der Waals surface area contributed by atoms with E-state index >= 15 is 0 Å².